The molecule has 1 amide bonds. The van der Waals surface area contributed by atoms with Gasteiger partial charge in [0.1, 0.15) is 6.07 Å². The number of likely N-dealkylation sites (tertiary alicyclic amines) is 1. The second kappa shape index (κ2) is 9.06. The molecule has 11 heteroatoms. The van der Waals surface area contributed by atoms with Crippen molar-refractivity contribution in [3.63, 3.8) is 0 Å². The van der Waals surface area contributed by atoms with E-state index in [-0.39, 0.29) is 12.0 Å². The van der Waals surface area contributed by atoms with Crippen LogP contribution in [0.4, 0.5) is 10.5 Å². The number of hydrogen-bond donors (Lipinski definition) is 2. The number of nitrogens with zero attached hydrogens (tertiary/aromatic N) is 7. The fourth-order valence-electron chi connectivity index (χ4n) is 4.34. The van der Waals surface area contributed by atoms with Crippen molar-refractivity contribution >= 4 is 22.8 Å². The number of carbonyl (C=O) groups is 1. The Kier molecular flexibility index (Phi) is 5.78. The van der Waals surface area contributed by atoms with Gasteiger partial charge >= 0.3 is 6.09 Å². The Balaban J connectivity index is 1.49. The summed E-state index contributed by atoms with van der Waals surface area (Å²) in [4.78, 5) is 21.8. The summed E-state index contributed by atoms with van der Waals surface area (Å²) in [6.45, 7) is 5.01. The van der Waals surface area contributed by atoms with Crippen molar-refractivity contribution in [2.45, 2.75) is 38.6 Å². The molecule has 2 N–H and O–H groups in total. The zero-order chi connectivity index (χ0) is 24.5. The van der Waals surface area contributed by atoms with E-state index in [9.17, 15) is 9.90 Å². The van der Waals surface area contributed by atoms with Crippen molar-refractivity contribution in [3.8, 4) is 23.2 Å². The summed E-state index contributed by atoms with van der Waals surface area (Å²) in [6.07, 6.45) is 5.60. The normalized spacial score (nSPS) is 15.9. The SMILES string of the molecule is CC(C)Nc1cc(-n2ncc3cc(C#N)cnc32)ncc1-c1cc(C2CCCN(C(=O)O)C2)no1. The minimum atomic E-state index is -0.911. The summed E-state index contributed by atoms with van der Waals surface area (Å²) in [7, 11) is 0. The van der Waals surface area contributed by atoms with Crippen LogP contribution in [0.2, 0.25) is 0 Å². The van der Waals surface area contributed by atoms with E-state index in [2.05, 4.69) is 31.6 Å². The quantitative estimate of drug-likeness (QED) is 0.439. The summed E-state index contributed by atoms with van der Waals surface area (Å²) < 4.78 is 7.31. The number of rotatable bonds is 5. The van der Waals surface area contributed by atoms with Crippen LogP contribution in [0.1, 0.15) is 43.9 Å². The number of carboxylic acid groups (broad SMARTS) is 1. The standard InChI is InChI=1S/C24H24N8O3/c1-14(2)29-20-8-22(32-23-17(11-28-32)6-15(9-25)10-27-23)26-12-18(20)21-7-19(30-35-21)16-4-3-5-31(13-16)24(33)34/h6-8,10-12,14,16H,3-5,13H2,1-2H3,(H,26,29)(H,33,34). The van der Waals surface area contributed by atoms with Crippen LogP contribution in [0.5, 0.6) is 0 Å². The molecule has 5 rings (SSSR count). The zero-order valence-electron chi connectivity index (χ0n) is 19.3. The topological polar surface area (TPSA) is 146 Å². The number of aromatic nitrogens is 5. The van der Waals surface area contributed by atoms with Crippen LogP contribution in [0, 0.1) is 11.3 Å². The number of pyridine rings is 2. The smallest absolute Gasteiger partial charge is 0.407 e. The summed E-state index contributed by atoms with van der Waals surface area (Å²) in [6, 6.07) is 7.70. The molecule has 1 unspecified atom stereocenters. The molecule has 1 aliphatic rings. The first-order valence-electron chi connectivity index (χ1n) is 11.4. The van der Waals surface area contributed by atoms with Crippen molar-refractivity contribution < 1.29 is 14.4 Å². The lowest BCUT2D eigenvalue weighted by atomic mass is 9.94. The van der Waals surface area contributed by atoms with E-state index in [0.717, 1.165) is 35.2 Å². The molecule has 0 bridgehead atoms. The average molecular weight is 473 g/mol. The van der Waals surface area contributed by atoms with Crippen molar-refractivity contribution in [2.75, 3.05) is 18.4 Å². The largest absolute Gasteiger partial charge is 0.465 e. The summed E-state index contributed by atoms with van der Waals surface area (Å²) in [5, 5.41) is 31.3. The number of amides is 1. The van der Waals surface area contributed by atoms with Crippen molar-refractivity contribution in [3.05, 3.63) is 48.0 Å². The van der Waals surface area contributed by atoms with E-state index in [4.69, 9.17) is 9.78 Å². The fraction of sp³-hybridized carbons (Fsp3) is 0.333. The van der Waals surface area contributed by atoms with Crippen molar-refractivity contribution in [2.24, 2.45) is 0 Å². The van der Waals surface area contributed by atoms with Gasteiger partial charge in [-0.1, -0.05) is 5.16 Å². The lowest BCUT2D eigenvalue weighted by Gasteiger charge is -2.29. The predicted molar refractivity (Wildman–Crippen MR) is 127 cm³/mol. The van der Waals surface area contributed by atoms with E-state index in [1.807, 2.05) is 26.0 Å². The van der Waals surface area contributed by atoms with Crippen LogP contribution in [0.25, 0.3) is 28.2 Å². The van der Waals surface area contributed by atoms with Crippen LogP contribution in [0.3, 0.4) is 0 Å². The third kappa shape index (κ3) is 4.38. The van der Waals surface area contributed by atoms with Gasteiger partial charge in [-0.3, -0.25) is 0 Å². The average Bonchev–Trinajstić information content (AvgIpc) is 3.51. The maximum absolute atomic E-state index is 11.4. The Morgan fingerprint density at radius 2 is 2.11 bits per heavy atom. The Bertz CT molecular complexity index is 1430. The van der Waals surface area contributed by atoms with Gasteiger partial charge in [0.25, 0.3) is 0 Å². The molecule has 1 aliphatic heterocycles. The summed E-state index contributed by atoms with van der Waals surface area (Å²) in [5.74, 6) is 1.11. The van der Waals surface area contributed by atoms with Gasteiger partial charge in [-0.15, -0.1) is 0 Å². The first-order valence-corrected chi connectivity index (χ1v) is 11.4. The molecule has 178 valence electrons. The first-order chi connectivity index (χ1) is 16.9. The Hall–Kier alpha value is -4.46. The molecule has 1 atom stereocenters. The first kappa shape index (κ1) is 22.3. The van der Waals surface area contributed by atoms with E-state index in [1.165, 1.54) is 11.1 Å². The van der Waals surface area contributed by atoms with Crippen LogP contribution in [-0.2, 0) is 0 Å². The Morgan fingerprint density at radius 3 is 2.89 bits per heavy atom. The number of anilines is 1. The molecule has 0 aromatic carbocycles. The lowest BCUT2D eigenvalue weighted by Crippen LogP contribution is -2.38. The molecular weight excluding hydrogens is 448 g/mol. The highest BCUT2D eigenvalue weighted by molar-refractivity contribution is 5.79. The van der Waals surface area contributed by atoms with Gasteiger partial charge < -0.3 is 19.8 Å². The molecule has 11 nitrogen and oxygen atoms in total. The minimum absolute atomic E-state index is 0.00842. The molecule has 5 heterocycles. The number of nitriles is 1. The van der Waals surface area contributed by atoms with E-state index in [0.29, 0.717) is 35.9 Å². The second-order valence-electron chi connectivity index (χ2n) is 8.88. The Morgan fingerprint density at radius 1 is 1.26 bits per heavy atom. The number of piperidine rings is 1. The maximum Gasteiger partial charge on any atom is 0.407 e. The third-order valence-electron chi connectivity index (χ3n) is 5.99. The zero-order valence-corrected chi connectivity index (χ0v) is 19.3. The van der Waals surface area contributed by atoms with E-state index >= 15 is 0 Å². The van der Waals surface area contributed by atoms with Crippen LogP contribution in [0.15, 0.2) is 41.3 Å². The highest BCUT2D eigenvalue weighted by Crippen LogP contribution is 2.34. The van der Waals surface area contributed by atoms with Gasteiger partial charge in [0.2, 0.25) is 0 Å². The Labute approximate surface area is 201 Å². The molecule has 0 saturated carbocycles. The van der Waals surface area contributed by atoms with Gasteiger partial charge in [-0.25, -0.2) is 14.8 Å². The fourth-order valence-corrected chi connectivity index (χ4v) is 4.34. The van der Waals surface area contributed by atoms with Crippen LogP contribution in [-0.4, -0.2) is 60.1 Å². The maximum atomic E-state index is 11.4. The molecular formula is C24H24N8O3. The van der Waals surface area contributed by atoms with Crippen LogP contribution < -0.4 is 5.32 Å². The number of hydrogen-bond acceptors (Lipinski definition) is 8. The molecule has 1 fully saturated rings. The van der Waals surface area contributed by atoms with Crippen LogP contribution >= 0.6 is 0 Å². The van der Waals surface area contributed by atoms with Gasteiger partial charge in [0.05, 0.1) is 28.7 Å². The number of fused-ring (bicyclic) bond motifs is 1. The molecule has 0 aliphatic carbocycles. The van der Waals surface area contributed by atoms with Crippen molar-refractivity contribution in [1.82, 2.24) is 29.8 Å². The molecule has 0 spiro atoms. The van der Waals surface area contributed by atoms with Gasteiger partial charge in [-0.05, 0) is 32.8 Å². The highest BCUT2D eigenvalue weighted by Gasteiger charge is 2.27. The second-order valence-corrected chi connectivity index (χ2v) is 8.88. The number of nitrogens with one attached hydrogen (secondary N) is 1. The van der Waals surface area contributed by atoms with E-state index in [1.54, 1.807) is 23.1 Å². The van der Waals surface area contributed by atoms with Gasteiger partial charge in [0, 0.05) is 55.0 Å². The molecule has 4 aromatic rings. The summed E-state index contributed by atoms with van der Waals surface area (Å²) in [5.41, 5.74) is 3.33. The molecule has 0 radical (unpaired) electrons. The minimum Gasteiger partial charge on any atom is -0.465 e. The molecule has 35 heavy (non-hydrogen) atoms. The van der Waals surface area contributed by atoms with Gasteiger partial charge in [0.15, 0.2) is 17.2 Å². The summed E-state index contributed by atoms with van der Waals surface area (Å²) >= 11 is 0. The lowest BCUT2D eigenvalue weighted by molar-refractivity contribution is 0.129. The van der Waals surface area contributed by atoms with E-state index < -0.39 is 6.09 Å². The van der Waals surface area contributed by atoms with Crippen molar-refractivity contribution in [1.29, 1.82) is 5.26 Å². The molecule has 1 saturated heterocycles. The monoisotopic (exact) mass is 472 g/mol. The third-order valence-corrected chi connectivity index (χ3v) is 5.99. The highest BCUT2D eigenvalue weighted by atomic mass is 16.5. The van der Waals surface area contributed by atoms with Gasteiger partial charge in [-0.2, -0.15) is 15.0 Å². The molecule has 4 aromatic heterocycles. The predicted octanol–water partition coefficient (Wildman–Crippen LogP) is 4.02.